The zero-order valence-electron chi connectivity index (χ0n) is 8.41. The molecule has 0 aliphatic heterocycles. The first-order valence-corrected chi connectivity index (χ1v) is 4.85. The number of rotatable bonds is 1. The van der Waals surface area contributed by atoms with E-state index in [0.29, 0.717) is 5.69 Å². The Balaban J connectivity index is 2.31. The van der Waals surface area contributed by atoms with Gasteiger partial charge in [0, 0.05) is 5.39 Å². The van der Waals surface area contributed by atoms with Crippen molar-refractivity contribution in [1.29, 1.82) is 0 Å². The first-order valence-electron chi connectivity index (χ1n) is 4.85. The maximum Gasteiger partial charge on any atom is 0.164 e. The number of anilines is 1. The molecule has 78 valence electrons. The van der Waals surface area contributed by atoms with Crippen molar-refractivity contribution in [3.63, 3.8) is 0 Å². The van der Waals surface area contributed by atoms with E-state index in [4.69, 9.17) is 5.73 Å². The number of hydrogen-bond donors (Lipinski definition) is 1. The molecule has 0 unspecified atom stereocenters. The molecular weight excluding hydrogens is 202 g/mol. The predicted molar refractivity (Wildman–Crippen MR) is 61.1 cm³/mol. The van der Waals surface area contributed by atoms with Gasteiger partial charge in [-0.3, -0.25) is 0 Å². The molecule has 0 amide bonds. The molecule has 0 spiro atoms. The summed E-state index contributed by atoms with van der Waals surface area (Å²) in [6, 6.07) is 7.79. The zero-order valence-corrected chi connectivity index (χ0v) is 8.41. The van der Waals surface area contributed by atoms with Gasteiger partial charge in [-0.1, -0.05) is 12.1 Å². The number of aromatic nitrogens is 4. The van der Waals surface area contributed by atoms with Crippen LogP contribution in [0.15, 0.2) is 43.0 Å². The van der Waals surface area contributed by atoms with Crippen molar-refractivity contribution in [3.05, 3.63) is 43.0 Å². The number of para-hydroxylation sites is 1. The second-order valence-electron chi connectivity index (χ2n) is 3.43. The van der Waals surface area contributed by atoms with Crippen LogP contribution in [0.25, 0.3) is 16.7 Å². The van der Waals surface area contributed by atoms with Crippen LogP contribution in [0.5, 0.6) is 0 Å². The van der Waals surface area contributed by atoms with Crippen LogP contribution in [0.4, 0.5) is 5.69 Å². The van der Waals surface area contributed by atoms with Crippen LogP contribution in [0, 0.1) is 0 Å². The normalized spacial score (nSPS) is 10.8. The van der Waals surface area contributed by atoms with Crippen LogP contribution in [0.1, 0.15) is 0 Å². The first kappa shape index (κ1) is 8.84. The highest BCUT2D eigenvalue weighted by atomic mass is 15.3. The van der Waals surface area contributed by atoms with Gasteiger partial charge >= 0.3 is 0 Å². The average Bonchev–Trinajstić information content (AvgIpc) is 2.75. The summed E-state index contributed by atoms with van der Waals surface area (Å²) in [5.74, 6) is 0.738. The number of nitrogens with zero attached hydrogens (tertiary/aromatic N) is 4. The van der Waals surface area contributed by atoms with Crippen LogP contribution in [-0.4, -0.2) is 19.7 Å². The van der Waals surface area contributed by atoms with Gasteiger partial charge in [0.1, 0.15) is 6.33 Å². The summed E-state index contributed by atoms with van der Waals surface area (Å²) in [5, 5.41) is 5.09. The van der Waals surface area contributed by atoms with E-state index in [2.05, 4.69) is 15.1 Å². The fourth-order valence-corrected chi connectivity index (χ4v) is 1.63. The Morgan fingerprint density at radius 1 is 1.12 bits per heavy atom. The smallest absolute Gasteiger partial charge is 0.164 e. The Labute approximate surface area is 91.6 Å². The van der Waals surface area contributed by atoms with Crippen LogP contribution in [0.3, 0.4) is 0 Å². The zero-order chi connectivity index (χ0) is 11.0. The molecule has 3 rings (SSSR count). The monoisotopic (exact) mass is 211 g/mol. The molecule has 2 N–H and O–H groups in total. The van der Waals surface area contributed by atoms with Crippen molar-refractivity contribution in [3.8, 4) is 5.82 Å². The molecule has 0 fully saturated rings. The molecule has 1 aromatic carbocycles. The van der Waals surface area contributed by atoms with Crippen molar-refractivity contribution in [2.24, 2.45) is 0 Å². The first-order chi connectivity index (χ1) is 7.84. The molecule has 16 heavy (non-hydrogen) atoms. The summed E-state index contributed by atoms with van der Waals surface area (Å²) in [7, 11) is 0. The molecule has 0 atom stereocenters. The summed E-state index contributed by atoms with van der Waals surface area (Å²) < 4.78 is 1.65. The van der Waals surface area contributed by atoms with E-state index in [0.717, 1.165) is 16.7 Å². The van der Waals surface area contributed by atoms with Gasteiger partial charge in [-0.05, 0) is 12.1 Å². The molecular formula is C11H9N5. The van der Waals surface area contributed by atoms with Gasteiger partial charge < -0.3 is 5.73 Å². The Bertz CT molecular complexity index is 638. The third-order valence-electron chi connectivity index (χ3n) is 2.34. The second kappa shape index (κ2) is 3.30. The Morgan fingerprint density at radius 3 is 2.81 bits per heavy atom. The third kappa shape index (κ3) is 1.30. The molecule has 2 heterocycles. The van der Waals surface area contributed by atoms with Gasteiger partial charge in [-0.25, -0.2) is 14.6 Å². The van der Waals surface area contributed by atoms with Gasteiger partial charge in [0.05, 0.1) is 23.6 Å². The molecule has 0 aliphatic carbocycles. The molecule has 5 heteroatoms. The third-order valence-corrected chi connectivity index (χ3v) is 2.34. The Morgan fingerprint density at radius 2 is 2.00 bits per heavy atom. The van der Waals surface area contributed by atoms with Crippen LogP contribution in [-0.2, 0) is 0 Å². The van der Waals surface area contributed by atoms with E-state index in [1.165, 1.54) is 6.33 Å². The van der Waals surface area contributed by atoms with Gasteiger partial charge in [-0.15, -0.1) is 0 Å². The quantitative estimate of drug-likeness (QED) is 0.660. The van der Waals surface area contributed by atoms with Crippen molar-refractivity contribution < 1.29 is 0 Å². The average molecular weight is 211 g/mol. The number of hydrogen-bond acceptors (Lipinski definition) is 4. The summed E-state index contributed by atoms with van der Waals surface area (Å²) >= 11 is 0. The van der Waals surface area contributed by atoms with E-state index in [9.17, 15) is 0 Å². The summed E-state index contributed by atoms with van der Waals surface area (Å²) in [5.41, 5.74) is 7.14. The molecule has 2 aromatic heterocycles. The van der Waals surface area contributed by atoms with Crippen molar-refractivity contribution >= 4 is 16.6 Å². The molecule has 3 aromatic rings. The summed E-state index contributed by atoms with van der Waals surface area (Å²) in [4.78, 5) is 8.41. The lowest BCUT2D eigenvalue weighted by Gasteiger charge is -2.03. The molecule has 0 aliphatic rings. The lowest BCUT2D eigenvalue weighted by Crippen LogP contribution is -1.99. The fourth-order valence-electron chi connectivity index (χ4n) is 1.63. The van der Waals surface area contributed by atoms with E-state index in [1.807, 2.05) is 24.3 Å². The summed E-state index contributed by atoms with van der Waals surface area (Å²) in [6.07, 6.45) is 4.85. The maximum atomic E-state index is 5.63. The van der Waals surface area contributed by atoms with E-state index >= 15 is 0 Å². The van der Waals surface area contributed by atoms with E-state index < -0.39 is 0 Å². The Hall–Kier alpha value is -2.43. The Kier molecular flexibility index (Phi) is 1.83. The van der Waals surface area contributed by atoms with Crippen molar-refractivity contribution in [2.45, 2.75) is 0 Å². The lowest BCUT2D eigenvalue weighted by molar-refractivity contribution is 0.851. The number of benzene rings is 1. The van der Waals surface area contributed by atoms with Gasteiger partial charge in [0.2, 0.25) is 0 Å². The van der Waals surface area contributed by atoms with Crippen LogP contribution >= 0.6 is 0 Å². The number of nitrogen functional groups attached to an aromatic ring is 1. The van der Waals surface area contributed by atoms with E-state index in [1.54, 1.807) is 17.1 Å². The second-order valence-corrected chi connectivity index (χ2v) is 3.43. The summed E-state index contributed by atoms with van der Waals surface area (Å²) in [6.45, 7) is 0. The SMILES string of the molecule is Nc1cnn(-c2ncnc3ccccc23)c1. The molecule has 0 bridgehead atoms. The minimum Gasteiger partial charge on any atom is -0.396 e. The van der Waals surface area contributed by atoms with Gasteiger partial charge in [-0.2, -0.15) is 5.10 Å². The number of fused-ring (bicyclic) bond motifs is 1. The van der Waals surface area contributed by atoms with Crippen LogP contribution in [0.2, 0.25) is 0 Å². The minimum absolute atomic E-state index is 0.614. The largest absolute Gasteiger partial charge is 0.396 e. The topological polar surface area (TPSA) is 69.6 Å². The highest BCUT2D eigenvalue weighted by molar-refractivity contribution is 5.84. The van der Waals surface area contributed by atoms with Crippen LogP contribution < -0.4 is 5.73 Å². The predicted octanol–water partition coefficient (Wildman–Crippen LogP) is 1.40. The highest BCUT2D eigenvalue weighted by Gasteiger charge is 2.05. The fraction of sp³-hybridized carbons (Fsp3) is 0. The lowest BCUT2D eigenvalue weighted by atomic mass is 10.2. The van der Waals surface area contributed by atoms with Gasteiger partial charge in [0.25, 0.3) is 0 Å². The molecule has 0 saturated heterocycles. The molecule has 5 nitrogen and oxygen atoms in total. The molecule has 0 saturated carbocycles. The number of nitrogens with two attached hydrogens (primary N) is 1. The van der Waals surface area contributed by atoms with Crippen molar-refractivity contribution in [2.75, 3.05) is 5.73 Å². The van der Waals surface area contributed by atoms with Gasteiger partial charge in [0.15, 0.2) is 5.82 Å². The van der Waals surface area contributed by atoms with Crippen molar-refractivity contribution in [1.82, 2.24) is 19.7 Å². The standard InChI is InChI=1S/C11H9N5/c12-8-5-15-16(6-8)11-9-3-1-2-4-10(9)13-7-14-11/h1-7H,12H2. The minimum atomic E-state index is 0.614. The van der Waals surface area contributed by atoms with E-state index in [-0.39, 0.29) is 0 Å². The highest BCUT2D eigenvalue weighted by Crippen LogP contribution is 2.17. The maximum absolute atomic E-state index is 5.63. The molecule has 0 radical (unpaired) electrons.